The zero-order valence-electron chi connectivity index (χ0n) is 23.8. The van der Waals surface area contributed by atoms with Crippen LogP contribution in [-0.4, -0.2) is 54.2 Å². The van der Waals surface area contributed by atoms with Gasteiger partial charge in [-0.3, -0.25) is 14.4 Å². The number of hydrogen-bond donors (Lipinski definition) is 5. The zero-order chi connectivity index (χ0) is 31.9. The summed E-state index contributed by atoms with van der Waals surface area (Å²) in [5.74, 6) is -2.07. The Bertz CT molecular complexity index is 1970. The van der Waals surface area contributed by atoms with Crippen LogP contribution in [0.25, 0.3) is 33.3 Å². The van der Waals surface area contributed by atoms with Gasteiger partial charge in [-0.1, -0.05) is 24.3 Å². The monoisotopic (exact) mass is 605 g/mol. The average molecular weight is 606 g/mol. The molecule has 0 unspecified atom stereocenters. The number of rotatable bonds is 9. The number of amides is 2. The van der Waals surface area contributed by atoms with Crippen LogP contribution in [0.2, 0.25) is 0 Å². The molecule has 5 rings (SSSR count). The number of aliphatic hydroxyl groups is 3. The van der Waals surface area contributed by atoms with Crippen molar-refractivity contribution in [2.75, 3.05) is 11.9 Å². The van der Waals surface area contributed by atoms with E-state index in [-0.39, 0.29) is 23.5 Å². The summed E-state index contributed by atoms with van der Waals surface area (Å²) in [5, 5.41) is 31.0. The fourth-order valence-electron chi connectivity index (χ4n) is 5.05. The first-order valence-electron chi connectivity index (χ1n) is 13.2. The Morgan fingerprint density at radius 1 is 1.07 bits per heavy atom. The fraction of sp³-hybridized carbons (Fsp3) is 0.200. The molecule has 0 aliphatic rings. The number of ether oxygens (including phenoxy) is 1. The first-order chi connectivity index (χ1) is 20.7. The first-order valence-corrected chi connectivity index (χ1v) is 13.2. The number of halogens is 1. The van der Waals surface area contributed by atoms with Gasteiger partial charge in [-0.05, 0) is 55.3 Å². The third kappa shape index (κ3) is 6.00. The molecule has 2 amide bonds. The molecule has 0 fully saturated rings. The van der Waals surface area contributed by atoms with Crippen LogP contribution in [0.4, 0.5) is 10.1 Å². The summed E-state index contributed by atoms with van der Waals surface area (Å²) < 4.78 is 26.9. The molecule has 0 saturated carbocycles. The van der Waals surface area contributed by atoms with Gasteiger partial charge in [-0.2, -0.15) is 4.74 Å². The van der Waals surface area contributed by atoms with Crippen molar-refractivity contribution in [2.45, 2.75) is 26.6 Å². The molecule has 0 atom stereocenters. The Balaban J connectivity index is 1.61. The van der Waals surface area contributed by atoms with Crippen molar-refractivity contribution in [3.8, 4) is 22.4 Å². The van der Waals surface area contributed by atoms with Crippen LogP contribution in [0.15, 0.2) is 63.9 Å². The summed E-state index contributed by atoms with van der Waals surface area (Å²) in [4.78, 5) is 42.2. The van der Waals surface area contributed by atoms with Crippen LogP contribution in [0.1, 0.15) is 32.3 Å². The normalized spacial score (nSPS) is 11.7. The number of carbonyl (C=O) groups is 2. The lowest BCUT2D eigenvalue weighted by Crippen LogP contribution is -2.32. The van der Waals surface area contributed by atoms with E-state index in [1.807, 2.05) is 0 Å². The van der Waals surface area contributed by atoms with Crippen LogP contribution >= 0.6 is 0 Å². The molecule has 14 heteroatoms. The number of nitrogens with zero attached hydrogens (tertiary/aromatic N) is 3. The van der Waals surface area contributed by atoms with Gasteiger partial charge >= 0.3 is 6.16 Å². The summed E-state index contributed by atoms with van der Waals surface area (Å²) in [6, 6.07) is 14.0. The summed E-state index contributed by atoms with van der Waals surface area (Å²) >= 11 is 0. The molecule has 6 N–H and O–H groups in total. The van der Waals surface area contributed by atoms with E-state index < -0.39 is 36.0 Å². The third-order valence-electron chi connectivity index (χ3n) is 6.91. The minimum absolute atomic E-state index is 0.0337. The molecule has 3 heterocycles. The third-order valence-corrected chi connectivity index (χ3v) is 6.91. The highest BCUT2D eigenvalue weighted by atomic mass is 19.1. The van der Waals surface area contributed by atoms with Crippen molar-refractivity contribution in [3.63, 3.8) is 0 Å². The Kier molecular flexibility index (Phi) is 7.92. The van der Waals surface area contributed by atoms with Gasteiger partial charge in [0.25, 0.3) is 17.4 Å². The number of aryl methyl sites for hydroxylation is 3. The molecule has 0 saturated heterocycles. The molecule has 0 bridgehead atoms. The standard InChI is InChI=1S/C30H28FN5O8/c1-15-12-19-13-23(17-4-6-18(7-5-17)24-16(2)44-35(3)29(24)39)36(10-11-43-30(40,41)42)26(19)25(33-15)28(38)34-20-8-9-22(31)21(14-20)27(32)37/h4-9,12-14,40-42H,10-11H2,1-3H3,(H2,32,37)(H,34,38). The van der Waals surface area contributed by atoms with E-state index in [4.69, 9.17) is 15.0 Å². The quantitative estimate of drug-likeness (QED) is 0.157. The number of hydrogen-bond acceptors (Lipinski definition) is 9. The number of nitrogens with two attached hydrogens (primary N) is 1. The highest BCUT2D eigenvalue weighted by molar-refractivity contribution is 6.12. The average Bonchev–Trinajstić information content (AvgIpc) is 3.43. The lowest BCUT2D eigenvalue weighted by atomic mass is 10.0. The molecule has 13 nitrogen and oxygen atoms in total. The second kappa shape index (κ2) is 11.5. The van der Waals surface area contributed by atoms with Crippen LogP contribution < -0.4 is 16.6 Å². The number of carbonyl (C=O) groups excluding carboxylic acids is 2. The lowest BCUT2D eigenvalue weighted by Gasteiger charge is -2.17. The number of nitrogens with one attached hydrogen (secondary N) is 1. The number of pyridine rings is 1. The summed E-state index contributed by atoms with van der Waals surface area (Å²) in [6.45, 7) is 2.92. The second-order valence-electron chi connectivity index (χ2n) is 10.1. The topological polar surface area (TPSA) is 195 Å². The molecule has 0 spiro atoms. The van der Waals surface area contributed by atoms with E-state index in [0.29, 0.717) is 44.7 Å². The maximum Gasteiger partial charge on any atom is 0.405 e. The van der Waals surface area contributed by atoms with Gasteiger partial charge in [0.1, 0.15) is 11.6 Å². The first kappa shape index (κ1) is 30.3. The van der Waals surface area contributed by atoms with Gasteiger partial charge < -0.3 is 40.2 Å². The van der Waals surface area contributed by atoms with Crippen molar-refractivity contribution >= 4 is 28.4 Å². The highest BCUT2D eigenvalue weighted by Gasteiger charge is 2.24. The second-order valence-corrected chi connectivity index (χ2v) is 10.1. The van der Waals surface area contributed by atoms with Crippen molar-refractivity contribution < 1.29 is 38.6 Å². The van der Waals surface area contributed by atoms with E-state index in [9.17, 15) is 34.1 Å². The zero-order valence-corrected chi connectivity index (χ0v) is 23.8. The molecular formula is C30H28FN5O8. The SMILES string of the molecule is Cc1cc2cc(-c3ccc(-c4c(C)on(C)c4=O)cc3)n(CCOC(O)(O)O)c2c(C(=O)Nc2ccc(F)c(C(N)=O)c2)n1. The molecule has 2 aromatic carbocycles. The maximum atomic E-state index is 14.0. The summed E-state index contributed by atoms with van der Waals surface area (Å²) in [5.41, 5.74) is 7.74. The molecule has 3 aromatic heterocycles. The van der Waals surface area contributed by atoms with Gasteiger partial charge in [0, 0.05) is 36.1 Å². The Morgan fingerprint density at radius 3 is 2.36 bits per heavy atom. The predicted octanol–water partition coefficient (Wildman–Crippen LogP) is 2.37. The smallest absolute Gasteiger partial charge is 0.381 e. The number of fused-ring (bicyclic) bond motifs is 1. The van der Waals surface area contributed by atoms with Gasteiger partial charge in [0.15, 0.2) is 5.69 Å². The molecule has 0 aliphatic heterocycles. The van der Waals surface area contributed by atoms with E-state index in [0.717, 1.165) is 16.9 Å². The summed E-state index contributed by atoms with van der Waals surface area (Å²) in [7, 11) is 1.52. The van der Waals surface area contributed by atoms with Gasteiger partial charge in [0.2, 0.25) is 0 Å². The van der Waals surface area contributed by atoms with Crippen LogP contribution in [0, 0.1) is 19.7 Å². The van der Waals surface area contributed by atoms with E-state index in [1.165, 1.54) is 13.1 Å². The number of benzene rings is 2. The van der Waals surface area contributed by atoms with E-state index in [2.05, 4.69) is 10.3 Å². The molecule has 0 aliphatic carbocycles. The summed E-state index contributed by atoms with van der Waals surface area (Å²) in [6.07, 6.45) is -3.38. The molecule has 44 heavy (non-hydrogen) atoms. The van der Waals surface area contributed by atoms with Crippen LogP contribution in [0.3, 0.4) is 0 Å². The number of aromatic nitrogens is 3. The maximum absolute atomic E-state index is 14.0. The minimum atomic E-state index is -3.38. The number of primary amides is 1. The molecule has 228 valence electrons. The van der Waals surface area contributed by atoms with Gasteiger partial charge in [0.05, 0.1) is 23.3 Å². The minimum Gasteiger partial charge on any atom is -0.381 e. The fourth-order valence-corrected chi connectivity index (χ4v) is 5.05. The Hall–Kier alpha value is -5.15. The predicted molar refractivity (Wildman–Crippen MR) is 156 cm³/mol. The van der Waals surface area contributed by atoms with Crippen molar-refractivity contribution in [3.05, 3.63) is 93.5 Å². The van der Waals surface area contributed by atoms with Gasteiger partial charge in [-0.15, -0.1) is 0 Å². The molecule has 0 radical (unpaired) electrons. The Morgan fingerprint density at radius 2 is 1.75 bits per heavy atom. The van der Waals surface area contributed by atoms with Crippen molar-refractivity contribution in [1.82, 2.24) is 14.3 Å². The Labute approximate surface area is 248 Å². The van der Waals surface area contributed by atoms with Crippen LogP contribution in [-0.2, 0) is 18.3 Å². The molecule has 5 aromatic rings. The lowest BCUT2D eigenvalue weighted by molar-refractivity contribution is -0.454. The molecular weight excluding hydrogens is 577 g/mol. The van der Waals surface area contributed by atoms with Gasteiger partial charge in [-0.25, -0.2) is 9.37 Å². The van der Waals surface area contributed by atoms with Crippen LogP contribution in [0.5, 0.6) is 0 Å². The number of anilines is 1. The van der Waals surface area contributed by atoms with Crippen molar-refractivity contribution in [2.24, 2.45) is 12.8 Å². The van der Waals surface area contributed by atoms with E-state index >= 15 is 0 Å². The highest BCUT2D eigenvalue weighted by Crippen LogP contribution is 2.32. The van der Waals surface area contributed by atoms with E-state index in [1.54, 1.807) is 54.8 Å². The largest absolute Gasteiger partial charge is 0.405 e. The van der Waals surface area contributed by atoms with Crippen molar-refractivity contribution in [1.29, 1.82) is 0 Å².